The van der Waals surface area contributed by atoms with Crippen molar-refractivity contribution in [1.82, 2.24) is 14.5 Å². The van der Waals surface area contributed by atoms with E-state index in [1.165, 1.54) is 32.8 Å². The predicted octanol–water partition coefficient (Wildman–Crippen LogP) is 7.83. The first-order chi connectivity index (χ1) is 18.9. The Kier molecular flexibility index (Phi) is 8.24. The molecule has 0 bridgehead atoms. The van der Waals surface area contributed by atoms with E-state index in [9.17, 15) is 0 Å². The molecule has 0 unspecified atom stereocenters. The van der Waals surface area contributed by atoms with Gasteiger partial charge >= 0.3 is 0 Å². The van der Waals surface area contributed by atoms with Crippen LogP contribution in [0.2, 0.25) is 18.1 Å². The van der Waals surface area contributed by atoms with Crippen LogP contribution in [0.3, 0.4) is 0 Å². The number of nitrogens with zero attached hydrogens (tertiary/aromatic N) is 3. The summed E-state index contributed by atoms with van der Waals surface area (Å²) < 4.78 is 3.49. The van der Waals surface area contributed by atoms with Crippen molar-refractivity contribution in [2.45, 2.75) is 52.0 Å². The summed E-state index contributed by atoms with van der Waals surface area (Å²) in [5.74, 6) is 4.51. The van der Waals surface area contributed by atoms with Gasteiger partial charge in [0.15, 0.2) is 0 Å². The molecule has 0 atom stereocenters. The molecule has 0 amide bonds. The molecule has 5 nitrogen and oxygen atoms in total. The van der Waals surface area contributed by atoms with E-state index in [4.69, 9.17) is 5.73 Å². The predicted molar refractivity (Wildman–Crippen MR) is 176 cm³/mol. The molecule has 39 heavy (non-hydrogen) atoms. The van der Waals surface area contributed by atoms with Gasteiger partial charge in [-0.05, 0) is 94.3 Å². The van der Waals surface area contributed by atoms with E-state index in [0.717, 1.165) is 39.7 Å². The maximum absolute atomic E-state index is 6.07. The molecule has 0 radical (unpaired) electrons. The average molecular weight is 644 g/mol. The second-order valence-corrected chi connectivity index (χ2v) is 16.2. The number of rotatable bonds is 8. The van der Waals surface area contributed by atoms with Gasteiger partial charge in [0.25, 0.3) is 0 Å². The first kappa shape index (κ1) is 27.2. The molecule has 0 fully saturated rings. The fraction of sp³-hybridized carbons (Fsp3) is 0.250. The molecule has 5 rings (SSSR count). The lowest BCUT2D eigenvalue weighted by molar-refractivity contribution is 0.837. The highest BCUT2D eigenvalue weighted by Crippen LogP contribution is 2.31. The zero-order chi connectivity index (χ0) is 27.4. The van der Waals surface area contributed by atoms with Crippen LogP contribution in [0.4, 0.5) is 11.8 Å². The molecule has 0 aliphatic rings. The van der Waals surface area contributed by atoms with Crippen molar-refractivity contribution < 1.29 is 0 Å². The van der Waals surface area contributed by atoms with Crippen molar-refractivity contribution in [3.8, 4) is 11.5 Å². The van der Waals surface area contributed by atoms with Crippen molar-refractivity contribution in [3.63, 3.8) is 0 Å². The number of fused-ring (bicyclic) bond motifs is 3. The molecular weight excluding hydrogens is 609 g/mol. The molecule has 7 heteroatoms. The van der Waals surface area contributed by atoms with Gasteiger partial charge in [0.2, 0.25) is 5.95 Å². The number of nitrogen functional groups attached to an aromatic ring is 1. The van der Waals surface area contributed by atoms with Gasteiger partial charge in [-0.25, -0.2) is 4.98 Å². The van der Waals surface area contributed by atoms with E-state index in [-0.39, 0.29) is 5.95 Å². The maximum atomic E-state index is 6.07. The number of nitrogens with one attached hydrogen (secondary N) is 1. The normalized spacial score (nSPS) is 11.5. The van der Waals surface area contributed by atoms with Crippen LogP contribution in [0, 0.1) is 15.0 Å². The quantitative estimate of drug-likeness (QED) is 0.103. The standard InChI is InChI=1S/C32H34IN5Si/c1-4-39(5-2,6-3)20-18-23-7-9-25(10-8-23)22-38-19-17-27-29(38)16-15-28-30(27)31(37-32(34)36-28)35-21-24-11-13-26(33)14-12-24/h7-17,19H,4-6,21-22H2,1-3H3,(H3,34,35,36,37). The van der Waals surface area contributed by atoms with Crippen LogP contribution in [-0.2, 0) is 13.1 Å². The van der Waals surface area contributed by atoms with Crippen molar-refractivity contribution in [1.29, 1.82) is 0 Å². The van der Waals surface area contributed by atoms with Crippen LogP contribution in [0.5, 0.6) is 0 Å². The van der Waals surface area contributed by atoms with Gasteiger partial charge in [-0.2, -0.15) is 4.98 Å². The minimum atomic E-state index is -1.44. The fourth-order valence-corrected chi connectivity index (χ4v) is 7.89. The highest BCUT2D eigenvalue weighted by atomic mass is 127. The molecule has 2 heterocycles. The summed E-state index contributed by atoms with van der Waals surface area (Å²) in [7, 11) is -1.44. The Morgan fingerprint density at radius 3 is 2.26 bits per heavy atom. The summed E-state index contributed by atoms with van der Waals surface area (Å²) in [5.41, 5.74) is 15.3. The molecule has 0 saturated carbocycles. The zero-order valence-corrected chi connectivity index (χ0v) is 25.9. The van der Waals surface area contributed by atoms with Crippen molar-refractivity contribution in [3.05, 3.63) is 93.2 Å². The highest BCUT2D eigenvalue weighted by Gasteiger charge is 2.24. The second-order valence-electron chi connectivity index (χ2n) is 10.0. The smallest absolute Gasteiger partial charge is 0.222 e. The Hall–Kier alpha value is -3.35. The Morgan fingerprint density at radius 1 is 0.872 bits per heavy atom. The fourth-order valence-electron chi connectivity index (χ4n) is 5.09. The number of nitrogens with two attached hydrogens (primary N) is 1. The van der Waals surface area contributed by atoms with Gasteiger partial charge in [-0.3, -0.25) is 0 Å². The molecule has 0 spiro atoms. The zero-order valence-electron chi connectivity index (χ0n) is 22.8. The molecule has 2 aromatic heterocycles. The van der Waals surface area contributed by atoms with Crippen LogP contribution in [0.25, 0.3) is 21.8 Å². The molecule has 3 aromatic carbocycles. The van der Waals surface area contributed by atoms with E-state index < -0.39 is 8.07 Å². The number of halogens is 1. The van der Waals surface area contributed by atoms with Crippen molar-refractivity contribution >= 4 is 64.2 Å². The summed E-state index contributed by atoms with van der Waals surface area (Å²) in [5, 5.41) is 5.61. The Morgan fingerprint density at radius 2 is 1.56 bits per heavy atom. The number of hydrogen-bond donors (Lipinski definition) is 2. The monoisotopic (exact) mass is 643 g/mol. The third-order valence-electron chi connectivity index (χ3n) is 7.81. The largest absolute Gasteiger partial charge is 0.368 e. The lowest BCUT2D eigenvalue weighted by Gasteiger charge is -2.20. The third-order valence-corrected chi connectivity index (χ3v) is 13.2. The third kappa shape index (κ3) is 5.97. The van der Waals surface area contributed by atoms with Crippen LogP contribution < -0.4 is 11.1 Å². The lowest BCUT2D eigenvalue weighted by Crippen LogP contribution is -2.29. The minimum Gasteiger partial charge on any atom is -0.368 e. The molecule has 0 saturated heterocycles. The SMILES string of the molecule is CC[Si](C#Cc1ccc(Cn2ccc3c4c(NCc5ccc(I)cc5)nc(N)nc4ccc32)cc1)(CC)CC. The summed E-state index contributed by atoms with van der Waals surface area (Å²) >= 11 is 2.32. The molecule has 0 aliphatic carbocycles. The molecule has 0 aliphatic heterocycles. The van der Waals surface area contributed by atoms with Crippen LogP contribution >= 0.6 is 22.6 Å². The van der Waals surface area contributed by atoms with E-state index in [1.807, 2.05) is 6.07 Å². The molecule has 3 N–H and O–H groups in total. The highest BCUT2D eigenvalue weighted by molar-refractivity contribution is 14.1. The second kappa shape index (κ2) is 11.8. The summed E-state index contributed by atoms with van der Waals surface area (Å²) in [6.07, 6.45) is 2.14. The van der Waals surface area contributed by atoms with E-state index >= 15 is 0 Å². The average Bonchev–Trinajstić information content (AvgIpc) is 3.37. The minimum absolute atomic E-state index is 0.270. The molecule has 198 valence electrons. The number of anilines is 2. The summed E-state index contributed by atoms with van der Waals surface area (Å²) in [6, 6.07) is 27.2. The first-order valence-corrected chi connectivity index (χ1v) is 17.3. The van der Waals surface area contributed by atoms with Gasteiger partial charge in [0, 0.05) is 39.3 Å². The lowest BCUT2D eigenvalue weighted by atomic mass is 10.1. The summed E-state index contributed by atoms with van der Waals surface area (Å²) in [4.78, 5) is 9.09. The van der Waals surface area contributed by atoms with Crippen LogP contribution in [-0.4, -0.2) is 22.6 Å². The number of hydrogen-bond acceptors (Lipinski definition) is 4. The number of benzene rings is 3. The van der Waals surface area contributed by atoms with E-state index in [0.29, 0.717) is 6.54 Å². The van der Waals surface area contributed by atoms with E-state index in [1.54, 1.807) is 0 Å². The Labute approximate surface area is 245 Å². The topological polar surface area (TPSA) is 68.8 Å². The number of aromatic nitrogens is 3. The van der Waals surface area contributed by atoms with Gasteiger partial charge < -0.3 is 15.6 Å². The van der Waals surface area contributed by atoms with Crippen molar-refractivity contribution in [2.24, 2.45) is 0 Å². The maximum Gasteiger partial charge on any atom is 0.222 e. The first-order valence-electron chi connectivity index (χ1n) is 13.6. The van der Waals surface area contributed by atoms with Gasteiger partial charge in [0.1, 0.15) is 13.9 Å². The van der Waals surface area contributed by atoms with Gasteiger partial charge in [0.05, 0.1) is 10.9 Å². The molecule has 5 aromatic rings. The van der Waals surface area contributed by atoms with Crippen LogP contribution in [0.1, 0.15) is 37.5 Å². The van der Waals surface area contributed by atoms with E-state index in [2.05, 4.69) is 142 Å². The molecular formula is C32H34IN5Si. The van der Waals surface area contributed by atoms with Gasteiger partial charge in [-0.1, -0.05) is 51.0 Å². The van der Waals surface area contributed by atoms with Crippen LogP contribution in [0.15, 0.2) is 72.9 Å². The van der Waals surface area contributed by atoms with Gasteiger partial charge in [-0.15, -0.1) is 5.54 Å². The van der Waals surface area contributed by atoms with Crippen molar-refractivity contribution in [2.75, 3.05) is 11.1 Å². The summed E-state index contributed by atoms with van der Waals surface area (Å²) in [6.45, 7) is 8.33. The Balaban J connectivity index is 1.41. The Bertz CT molecular complexity index is 1650.